The third-order valence-electron chi connectivity index (χ3n) is 1.85. The number of hydrogen-bond acceptors (Lipinski definition) is 1. The van der Waals surface area contributed by atoms with Crippen LogP contribution in [0.4, 0.5) is 4.79 Å². The summed E-state index contributed by atoms with van der Waals surface area (Å²) < 4.78 is 0. The minimum atomic E-state index is -0.0895. The Balaban J connectivity index is 3.20. The number of amides is 2. The number of carbonyl (C=O) groups is 1. The van der Waals surface area contributed by atoms with E-state index in [1.54, 1.807) is 7.05 Å². The molecule has 0 saturated carbocycles. The van der Waals surface area contributed by atoms with E-state index in [2.05, 4.69) is 24.5 Å². The molecule has 2 N–H and O–H groups in total. The summed E-state index contributed by atoms with van der Waals surface area (Å²) in [5, 5.41) is 5.25. The summed E-state index contributed by atoms with van der Waals surface area (Å²) in [5.41, 5.74) is 0. The Morgan fingerprint density at radius 1 is 1.55 bits per heavy atom. The van der Waals surface area contributed by atoms with Crippen LogP contribution in [0, 0.1) is 5.92 Å². The normalized spacial score (nSPS) is 12.3. The van der Waals surface area contributed by atoms with Crippen LogP contribution < -0.4 is 10.6 Å². The largest absolute Gasteiger partial charge is 0.341 e. The molecule has 0 radical (unpaired) electrons. The van der Waals surface area contributed by atoms with Gasteiger partial charge in [0.1, 0.15) is 0 Å². The van der Waals surface area contributed by atoms with Crippen LogP contribution in [-0.4, -0.2) is 19.6 Å². The topological polar surface area (TPSA) is 41.1 Å². The highest BCUT2D eigenvalue weighted by molar-refractivity contribution is 5.73. The van der Waals surface area contributed by atoms with Gasteiger partial charge < -0.3 is 10.6 Å². The Morgan fingerprint density at radius 2 is 2.18 bits per heavy atom. The second kappa shape index (κ2) is 6.01. The van der Waals surface area contributed by atoms with Crippen molar-refractivity contribution in [2.45, 2.75) is 26.7 Å². The van der Waals surface area contributed by atoms with Crippen LogP contribution in [0.15, 0.2) is 0 Å². The molecular weight excluding hydrogens is 140 g/mol. The Hall–Kier alpha value is -0.730. The fourth-order valence-corrected chi connectivity index (χ4v) is 0.725. The highest BCUT2D eigenvalue weighted by Crippen LogP contribution is 2.03. The molecule has 1 atom stereocenters. The highest BCUT2D eigenvalue weighted by Gasteiger charge is 1.99. The first kappa shape index (κ1) is 10.3. The molecule has 3 nitrogen and oxygen atoms in total. The zero-order valence-corrected chi connectivity index (χ0v) is 7.61. The van der Waals surface area contributed by atoms with Crippen LogP contribution in [-0.2, 0) is 0 Å². The van der Waals surface area contributed by atoms with E-state index in [1.807, 2.05) is 0 Å². The van der Waals surface area contributed by atoms with E-state index >= 15 is 0 Å². The van der Waals surface area contributed by atoms with E-state index in [9.17, 15) is 4.79 Å². The van der Waals surface area contributed by atoms with Gasteiger partial charge in [0, 0.05) is 13.6 Å². The number of rotatable bonds is 4. The van der Waals surface area contributed by atoms with Crippen LogP contribution in [0.5, 0.6) is 0 Å². The third-order valence-corrected chi connectivity index (χ3v) is 1.85. The molecule has 0 aromatic rings. The van der Waals surface area contributed by atoms with Crippen LogP contribution >= 0.6 is 0 Å². The van der Waals surface area contributed by atoms with E-state index in [1.165, 1.54) is 6.42 Å². The maximum atomic E-state index is 10.7. The maximum absolute atomic E-state index is 10.7. The quantitative estimate of drug-likeness (QED) is 0.637. The second-order valence-electron chi connectivity index (χ2n) is 2.81. The first-order chi connectivity index (χ1) is 5.20. The van der Waals surface area contributed by atoms with Gasteiger partial charge >= 0.3 is 6.03 Å². The van der Waals surface area contributed by atoms with Crippen LogP contribution in [0.1, 0.15) is 26.7 Å². The van der Waals surface area contributed by atoms with Crippen molar-refractivity contribution in [2.24, 2.45) is 5.92 Å². The van der Waals surface area contributed by atoms with Gasteiger partial charge in [-0.15, -0.1) is 0 Å². The molecule has 66 valence electrons. The molecule has 3 heteroatoms. The predicted octanol–water partition coefficient (Wildman–Crippen LogP) is 1.35. The average Bonchev–Trinajstić information content (AvgIpc) is 2.04. The lowest BCUT2D eigenvalue weighted by Crippen LogP contribution is -2.33. The van der Waals surface area contributed by atoms with Crippen molar-refractivity contribution >= 4 is 6.03 Å². The van der Waals surface area contributed by atoms with E-state index < -0.39 is 0 Å². The number of carbonyl (C=O) groups excluding carboxylic acids is 1. The van der Waals surface area contributed by atoms with Gasteiger partial charge in [-0.1, -0.05) is 20.3 Å². The van der Waals surface area contributed by atoms with Crippen molar-refractivity contribution in [3.63, 3.8) is 0 Å². The van der Waals surface area contributed by atoms with Crippen molar-refractivity contribution in [1.29, 1.82) is 0 Å². The van der Waals surface area contributed by atoms with Gasteiger partial charge in [-0.05, 0) is 12.3 Å². The van der Waals surface area contributed by atoms with Gasteiger partial charge in [0.15, 0.2) is 0 Å². The molecule has 0 bridgehead atoms. The molecule has 0 aliphatic heterocycles. The second-order valence-corrected chi connectivity index (χ2v) is 2.81. The SMILES string of the molecule is CCC(C)CCNC(=O)NC. The summed E-state index contributed by atoms with van der Waals surface area (Å²) in [7, 11) is 1.62. The molecule has 0 aromatic heterocycles. The van der Waals surface area contributed by atoms with Gasteiger partial charge in [-0.3, -0.25) is 0 Å². The molecule has 0 aliphatic rings. The van der Waals surface area contributed by atoms with Crippen LogP contribution in [0.25, 0.3) is 0 Å². The standard InChI is InChI=1S/C8H18N2O/c1-4-7(2)5-6-10-8(11)9-3/h7H,4-6H2,1-3H3,(H2,9,10,11). The Kier molecular flexibility index (Phi) is 5.61. The smallest absolute Gasteiger partial charge is 0.314 e. The first-order valence-corrected chi connectivity index (χ1v) is 4.16. The lowest BCUT2D eigenvalue weighted by molar-refractivity contribution is 0.242. The van der Waals surface area contributed by atoms with E-state index in [0.717, 1.165) is 13.0 Å². The van der Waals surface area contributed by atoms with Crippen molar-refractivity contribution in [1.82, 2.24) is 10.6 Å². The molecule has 2 amide bonds. The lowest BCUT2D eigenvalue weighted by atomic mass is 10.1. The lowest BCUT2D eigenvalue weighted by Gasteiger charge is -2.08. The number of urea groups is 1. The molecule has 1 unspecified atom stereocenters. The summed E-state index contributed by atoms with van der Waals surface area (Å²) in [4.78, 5) is 10.7. The van der Waals surface area contributed by atoms with Crippen molar-refractivity contribution in [2.75, 3.05) is 13.6 Å². The third kappa shape index (κ3) is 5.70. The Labute approximate surface area is 68.6 Å². The molecule has 0 fully saturated rings. The molecule has 11 heavy (non-hydrogen) atoms. The maximum Gasteiger partial charge on any atom is 0.314 e. The van der Waals surface area contributed by atoms with E-state index in [0.29, 0.717) is 5.92 Å². The molecule has 0 aromatic carbocycles. The summed E-state index contributed by atoms with van der Waals surface area (Å²) >= 11 is 0. The fourth-order valence-electron chi connectivity index (χ4n) is 0.725. The zero-order valence-electron chi connectivity index (χ0n) is 7.61. The summed E-state index contributed by atoms with van der Waals surface area (Å²) in [6.45, 7) is 5.12. The summed E-state index contributed by atoms with van der Waals surface area (Å²) in [6, 6.07) is -0.0895. The van der Waals surface area contributed by atoms with E-state index in [4.69, 9.17) is 0 Å². The highest BCUT2D eigenvalue weighted by atomic mass is 16.2. The minimum absolute atomic E-state index is 0.0895. The van der Waals surface area contributed by atoms with Gasteiger partial charge in [-0.25, -0.2) is 4.79 Å². The van der Waals surface area contributed by atoms with Crippen LogP contribution in [0.2, 0.25) is 0 Å². The molecule has 0 heterocycles. The molecule has 0 spiro atoms. The Bertz CT molecular complexity index is 115. The fraction of sp³-hybridized carbons (Fsp3) is 0.875. The van der Waals surface area contributed by atoms with E-state index in [-0.39, 0.29) is 6.03 Å². The Morgan fingerprint density at radius 3 is 2.64 bits per heavy atom. The molecular formula is C8H18N2O. The van der Waals surface area contributed by atoms with Crippen LogP contribution in [0.3, 0.4) is 0 Å². The number of nitrogens with one attached hydrogen (secondary N) is 2. The summed E-state index contributed by atoms with van der Waals surface area (Å²) in [6.07, 6.45) is 2.24. The minimum Gasteiger partial charge on any atom is -0.341 e. The number of hydrogen-bond donors (Lipinski definition) is 2. The van der Waals surface area contributed by atoms with Gasteiger partial charge in [-0.2, -0.15) is 0 Å². The van der Waals surface area contributed by atoms with Crippen molar-refractivity contribution in [3.05, 3.63) is 0 Å². The average molecular weight is 158 g/mol. The first-order valence-electron chi connectivity index (χ1n) is 4.16. The zero-order chi connectivity index (χ0) is 8.69. The predicted molar refractivity (Wildman–Crippen MR) is 46.5 cm³/mol. The van der Waals surface area contributed by atoms with Gasteiger partial charge in [0.25, 0.3) is 0 Å². The van der Waals surface area contributed by atoms with Gasteiger partial charge in [0.05, 0.1) is 0 Å². The molecule has 0 aliphatic carbocycles. The monoisotopic (exact) mass is 158 g/mol. The molecule has 0 rings (SSSR count). The molecule has 0 saturated heterocycles. The van der Waals surface area contributed by atoms with Gasteiger partial charge in [0.2, 0.25) is 0 Å². The summed E-state index contributed by atoms with van der Waals surface area (Å²) in [5.74, 6) is 0.701. The van der Waals surface area contributed by atoms with Crippen molar-refractivity contribution < 1.29 is 4.79 Å². The van der Waals surface area contributed by atoms with Crippen molar-refractivity contribution in [3.8, 4) is 0 Å².